The first kappa shape index (κ1) is 41.9. The Kier molecular flexibility index (Phi) is 14.8. The van der Waals surface area contributed by atoms with Gasteiger partial charge in [-0.25, -0.2) is 9.59 Å². The SMILES string of the molecule is COC(=O)C1CC(C)C(OC2OC(C)C(O)C(O)C2O)C(OC2OC(CO)C(O)C(O/C(=C\C3CCCCC3)C(=O)OO)C2OC(=O)c2ccccc2)C1. The van der Waals surface area contributed by atoms with Crippen molar-refractivity contribution in [2.75, 3.05) is 13.7 Å². The van der Waals surface area contributed by atoms with Crippen molar-refractivity contribution in [2.24, 2.45) is 17.8 Å². The van der Waals surface area contributed by atoms with Gasteiger partial charge in [0.15, 0.2) is 24.8 Å². The number of esters is 2. The molecule has 2 saturated heterocycles. The quantitative estimate of drug-likeness (QED) is 0.0433. The summed E-state index contributed by atoms with van der Waals surface area (Å²) >= 11 is 0. The number of aliphatic hydroxyl groups excluding tert-OH is 5. The summed E-state index contributed by atoms with van der Waals surface area (Å²) in [6.07, 6.45) is -11.4. The van der Waals surface area contributed by atoms with Gasteiger partial charge in [-0.1, -0.05) is 44.4 Å². The van der Waals surface area contributed by atoms with E-state index in [1.165, 1.54) is 32.2 Å². The molecule has 4 aliphatic rings. The highest BCUT2D eigenvalue weighted by atomic mass is 17.1. The Bertz CT molecular complexity index is 1420. The fourth-order valence-corrected chi connectivity index (χ4v) is 7.67. The number of hydrogen-bond donors (Lipinski definition) is 6. The number of hydrogen-bond acceptors (Lipinski definition) is 17. The maximum atomic E-state index is 13.6. The third-order valence-corrected chi connectivity index (χ3v) is 10.7. The minimum atomic E-state index is -1.73. The van der Waals surface area contributed by atoms with Crippen LogP contribution >= 0.6 is 0 Å². The molecule has 14 atom stereocenters. The molecule has 2 aliphatic heterocycles. The van der Waals surface area contributed by atoms with E-state index in [4.69, 9.17) is 33.2 Å². The average Bonchev–Trinajstić information content (AvgIpc) is 3.18. The highest BCUT2D eigenvalue weighted by Crippen LogP contribution is 2.39. The highest BCUT2D eigenvalue weighted by Gasteiger charge is 2.54. The molecule has 0 bridgehead atoms. The number of rotatable bonds is 12. The van der Waals surface area contributed by atoms with Gasteiger partial charge in [0, 0.05) is 0 Å². The molecule has 1 aromatic rings. The van der Waals surface area contributed by atoms with Gasteiger partial charge in [-0.3, -0.25) is 9.68 Å². The van der Waals surface area contributed by atoms with Crippen molar-refractivity contribution < 1.29 is 83.2 Å². The fraction of sp³-hybridized carbons (Fsp3) is 0.703. The molecule has 302 valence electrons. The molecule has 14 unspecified atom stereocenters. The molecule has 6 N–H and O–H groups in total. The minimum Gasteiger partial charge on any atom is -0.476 e. The largest absolute Gasteiger partial charge is 0.476 e. The van der Waals surface area contributed by atoms with E-state index in [2.05, 4.69) is 4.89 Å². The summed E-state index contributed by atoms with van der Waals surface area (Å²) in [6, 6.07) is 7.86. The summed E-state index contributed by atoms with van der Waals surface area (Å²) in [5.41, 5.74) is 0.109. The second kappa shape index (κ2) is 19.1. The molecule has 54 heavy (non-hydrogen) atoms. The first-order chi connectivity index (χ1) is 25.9. The average molecular weight is 769 g/mol. The lowest BCUT2D eigenvalue weighted by Crippen LogP contribution is -2.63. The molecule has 4 fully saturated rings. The van der Waals surface area contributed by atoms with E-state index in [0.29, 0.717) is 0 Å². The van der Waals surface area contributed by atoms with Crippen LogP contribution in [0.1, 0.15) is 69.2 Å². The van der Waals surface area contributed by atoms with Crippen LogP contribution < -0.4 is 0 Å². The van der Waals surface area contributed by atoms with Crippen molar-refractivity contribution in [1.29, 1.82) is 0 Å². The Hall–Kier alpha value is -3.23. The van der Waals surface area contributed by atoms with E-state index >= 15 is 0 Å². The van der Waals surface area contributed by atoms with Crippen LogP contribution in [0.25, 0.3) is 0 Å². The third kappa shape index (κ3) is 9.76. The minimum absolute atomic E-state index is 0.0496. The Morgan fingerprint density at radius 1 is 0.815 bits per heavy atom. The summed E-state index contributed by atoms with van der Waals surface area (Å²) in [6.45, 7) is 2.47. The zero-order valence-corrected chi connectivity index (χ0v) is 30.5. The van der Waals surface area contributed by atoms with Crippen LogP contribution in [-0.4, -0.2) is 136 Å². The molecular weight excluding hydrogens is 716 g/mol. The maximum absolute atomic E-state index is 13.6. The van der Waals surface area contributed by atoms with Crippen molar-refractivity contribution in [3.8, 4) is 0 Å². The zero-order chi connectivity index (χ0) is 39.1. The van der Waals surface area contributed by atoms with Gasteiger partial charge in [0.05, 0.1) is 43.5 Å². The van der Waals surface area contributed by atoms with Crippen molar-refractivity contribution in [3.63, 3.8) is 0 Å². The van der Waals surface area contributed by atoms with Crippen molar-refractivity contribution >= 4 is 17.9 Å². The number of methoxy groups -OCH3 is 1. The van der Waals surface area contributed by atoms with Crippen LogP contribution in [0.4, 0.5) is 0 Å². The fourth-order valence-electron chi connectivity index (χ4n) is 7.67. The number of benzene rings is 1. The maximum Gasteiger partial charge on any atom is 0.406 e. The highest BCUT2D eigenvalue weighted by molar-refractivity contribution is 5.89. The summed E-state index contributed by atoms with van der Waals surface area (Å²) < 4.78 is 41.5. The van der Waals surface area contributed by atoms with Crippen molar-refractivity contribution in [1.82, 2.24) is 0 Å². The molecule has 2 heterocycles. The van der Waals surface area contributed by atoms with Gasteiger partial charge in [-0.05, 0) is 62.7 Å². The van der Waals surface area contributed by atoms with Crippen molar-refractivity contribution in [3.05, 3.63) is 47.7 Å². The van der Waals surface area contributed by atoms with Crippen LogP contribution in [0.2, 0.25) is 0 Å². The van der Waals surface area contributed by atoms with Crippen LogP contribution in [-0.2, 0) is 47.6 Å². The van der Waals surface area contributed by atoms with Crippen LogP contribution in [0, 0.1) is 17.8 Å². The summed E-state index contributed by atoms with van der Waals surface area (Å²) in [5.74, 6) is -4.52. The van der Waals surface area contributed by atoms with Gasteiger partial charge in [-0.15, -0.1) is 0 Å². The Morgan fingerprint density at radius 3 is 2.17 bits per heavy atom. The molecule has 17 nitrogen and oxygen atoms in total. The molecule has 2 aliphatic carbocycles. The monoisotopic (exact) mass is 768 g/mol. The zero-order valence-electron chi connectivity index (χ0n) is 30.5. The second-order valence-corrected chi connectivity index (χ2v) is 14.5. The van der Waals surface area contributed by atoms with Gasteiger partial charge in [0.2, 0.25) is 5.76 Å². The van der Waals surface area contributed by atoms with Gasteiger partial charge >= 0.3 is 17.9 Å². The topological polar surface area (TPSA) is 246 Å². The van der Waals surface area contributed by atoms with Crippen LogP contribution in [0.5, 0.6) is 0 Å². The molecule has 17 heteroatoms. The number of aliphatic hydroxyl groups is 5. The van der Waals surface area contributed by atoms with E-state index in [9.17, 15) is 45.2 Å². The summed E-state index contributed by atoms with van der Waals surface area (Å²) in [4.78, 5) is 43.3. The van der Waals surface area contributed by atoms with Gasteiger partial charge in [0.1, 0.15) is 30.5 Å². The van der Waals surface area contributed by atoms with Gasteiger partial charge < -0.3 is 58.7 Å². The summed E-state index contributed by atoms with van der Waals surface area (Å²) in [5, 5.41) is 62.7. The lowest BCUT2D eigenvalue weighted by Gasteiger charge is -2.48. The van der Waals surface area contributed by atoms with E-state index in [0.717, 1.165) is 32.1 Å². The van der Waals surface area contributed by atoms with Gasteiger partial charge in [0.25, 0.3) is 0 Å². The molecule has 0 amide bonds. The summed E-state index contributed by atoms with van der Waals surface area (Å²) in [7, 11) is 1.24. The smallest absolute Gasteiger partial charge is 0.406 e. The van der Waals surface area contributed by atoms with E-state index < -0.39 is 116 Å². The standard InChI is InChI=1S/C37H52O17/c1-18-14-22(33(43)47-3)16-23(30(18)53-36-29(42)28(41)26(39)19(2)48-36)50-37-32(52-34(44)21-12-8-5-9-13-21)31(27(40)25(17-38)51-37)49-24(35(45)54-46)15-20-10-6-4-7-11-20/h5,8-9,12-13,15,18-20,22-23,25-32,36-42,46H,4,6-7,10-11,14,16-17H2,1-3H3/b24-15-. The lowest BCUT2D eigenvalue weighted by atomic mass is 9.78. The Labute approximate surface area is 312 Å². The molecular formula is C37H52O17. The molecule has 1 aromatic carbocycles. The van der Waals surface area contributed by atoms with Gasteiger partial charge in [-0.2, -0.15) is 5.26 Å². The van der Waals surface area contributed by atoms with E-state index in [1.54, 1.807) is 25.1 Å². The Morgan fingerprint density at radius 2 is 1.52 bits per heavy atom. The lowest BCUT2D eigenvalue weighted by molar-refractivity contribution is -0.346. The van der Waals surface area contributed by atoms with E-state index in [-0.39, 0.29) is 24.3 Å². The van der Waals surface area contributed by atoms with Crippen molar-refractivity contribution in [2.45, 2.75) is 132 Å². The van der Waals surface area contributed by atoms with Crippen LogP contribution in [0.15, 0.2) is 42.2 Å². The predicted molar refractivity (Wildman–Crippen MR) is 182 cm³/mol. The Balaban J connectivity index is 1.52. The molecule has 0 aromatic heterocycles. The number of ether oxygens (including phenoxy) is 7. The molecule has 0 spiro atoms. The first-order valence-electron chi connectivity index (χ1n) is 18.4. The molecule has 0 radical (unpaired) electrons. The normalized spacial score (nSPS) is 37.9. The first-order valence-corrected chi connectivity index (χ1v) is 18.4. The number of carbonyl (C=O) groups is 3. The number of carbonyl (C=O) groups excluding carboxylic acids is 3. The second-order valence-electron chi connectivity index (χ2n) is 14.5. The predicted octanol–water partition coefficient (Wildman–Crippen LogP) is 0.973. The van der Waals surface area contributed by atoms with Crippen LogP contribution in [0.3, 0.4) is 0 Å². The van der Waals surface area contributed by atoms with E-state index in [1.807, 2.05) is 0 Å². The third-order valence-electron chi connectivity index (χ3n) is 10.7. The number of allylic oxidation sites excluding steroid dienone is 1. The molecule has 5 rings (SSSR count). The molecule has 2 saturated carbocycles.